The molecule has 1 N–H and O–H groups in total. The summed E-state index contributed by atoms with van der Waals surface area (Å²) in [5.41, 5.74) is 0.114. The number of carboxylic acid groups (broad SMARTS) is 1. The van der Waals surface area contributed by atoms with Gasteiger partial charge in [0.25, 0.3) is 15.6 Å². The zero-order valence-electron chi connectivity index (χ0n) is 15.8. The largest absolute Gasteiger partial charge is 0.478 e. The van der Waals surface area contributed by atoms with Gasteiger partial charge in [0.05, 0.1) is 26.9 Å². The van der Waals surface area contributed by atoms with Gasteiger partial charge in [-0.25, -0.2) is 17.9 Å². The standard InChI is InChI=1S/C19H18ClN3O5S/c1-12-17(18(24)23(21(12)2)13-7-5-4-6-8-13)22(3)29(27,28)14-9-10-16(20)15(11-14)19(25)26/h4-11H,1-3H3,(H,25,26). The summed E-state index contributed by atoms with van der Waals surface area (Å²) in [4.78, 5) is 24.1. The fourth-order valence-electron chi connectivity index (χ4n) is 3.02. The van der Waals surface area contributed by atoms with E-state index in [2.05, 4.69) is 0 Å². The normalized spacial score (nSPS) is 11.4. The van der Waals surface area contributed by atoms with Crippen LogP contribution in [-0.2, 0) is 17.1 Å². The maximum atomic E-state index is 13.1. The number of carbonyl (C=O) groups is 1. The van der Waals surface area contributed by atoms with Crippen LogP contribution >= 0.6 is 11.6 Å². The van der Waals surface area contributed by atoms with E-state index in [0.717, 1.165) is 10.4 Å². The van der Waals surface area contributed by atoms with E-state index in [9.17, 15) is 23.1 Å². The van der Waals surface area contributed by atoms with Crippen molar-refractivity contribution in [1.29, 1.82) is 0 Å². The van der Waals surface area contributed by atoms with Crippen molar-refractivity contribution < 1.29 is 18.3 Å². The molecule has 3 aromatic rings. The highest BCUT2D eigenvalue weighted by atomic mass is 35.5. The minimum Gasteiger partial charge on any atom is -0.478 e. The lowest BCUT2D eigenvalue weighted by atomic mass is 10.2. The lowest BCUT2D eigenvalue weighted by Crippen LogP contribution is -2.32. The van der Waals surface area contributed by atoms with E-state index in [4.69, 9.17) is 11.6 Å². The van der Waals surface area contributed by atoms with Gasteiger partial charge >= 0.3 is 5.97 Å². The molecule has 1 aromatic heterocycles. The molecule has 0 radical (unpaired) electrons. The molecule has 0 atom stereocenters. The van der Waals surface area contributed by atoms with E-state index in [1.54, 1.807) is 42.9 Å². The molecular formula is C19H18ClN3O5S. The van der Waals surface area contributed by atoms with Crippen LogP contribution in [0.25, 0.3) is 5.69 Å². The summed E-state index contributed by atoms with van der Waals surface area (Å²) in [5.74, 6) is -1.35. The fourth-order valence-corrected chi connectivity index (χ4v) is 4.50. The minimum absolute atomic E-state index is 0.0387. The van der Waals surface area contributed by atoms with Crippen molar-refractivity contribution in [2.45, 2.75) is 11.8 Å². The number of nitrogens with zero attached hydrogens (tertiary/aromatic N) is 3. The van der Waals surface area contributed by atoms with Crippen LogP contribution in [0.2, 0.25) is 5.02 Å². The second-order valence-corrected chi connectivity index (χ2v) is 8.71. The van der Waals surface area contributed by atoms with E-state index in [1.165, 1.54) is 23.9 Å². The van der Waals surface area contributed by atoms with Gasteiger partial charge in [0.15, 0.2) is 0 Å². The first-order valence-electron chi connectivity index (χ1n) is 8.43. The summed E-state index contributed by atoms with van der Waals surface area (Å²) in [6.45, 7) is 1.63. The predicted octanol–water partition coefficient (Wildman–Crippen LogP) is 2.66. The van der Waals surface area contributed by atoms with Gasteiger partial charge in [0, 0.05) is 14.1 Å². The Hall–Kier alpha value is -3.04. The Morgan fingerprint density at radius 1 is 1.14 bits per heavy atom. The Kier molecular flexibility index (Phi) is 5.29. The molecule has 0 amide bonds. The van der Waals surface area contributed by atoms with Crippen LogP contribution in [0.15, 0.2) is 58.2 Å². The summed E-state index contributed by atoms with van der Waals surface area (Å²) in [5, 5.41) is 9.13. The molecule has 29 heavy (non-hydrogen) atoms. The van der Waals surface area contributed by atoms with E-state index in [0.29, 0.717) is 11.4 Å². The van der Waals surface area contributed by atoms with Gasteiger partial charge in [0.2, 0.25) is 0 Å². The van der Waals surface area contributed by atoms with Gasteiger partial charge < -0.3 is 5.11 Å². The van der Waals surface area contributed by atoms with Gasteiger partial charge in [-0.1, -0.05) is 29.8 Å². The molecule has 0 fully saturated rings. The number of hydrogen-bond donors (Lipinski definition) is 1. The first-order valence-corrected chi connectivity index (χ1v) is 10.2. The number of sulfonamides is 1. The van der Waals surface area contributed by atoms with Crippen LogP contribution in [0.3, 0.4) is 0 Å². The first kappa shape index (κ1) is 20.7. The third-order valence-electron chi connectivity index (χ3n) is 4.67. The number of anilines is 1. The monoisotopic (exact) mass is 435 g/mol. The summed E-state index contributed by atoms with van der Waals surface area (Å²) in [6.07, 6.45) is 0. The molecule has 0 aliphatic heterocycles. The average Bonchev–Trinajstić information content (AvgIpc) is 2.90. The third kappa shape index (κ3) is 3.43. The van der Waals surface area contributed by atoms with Gasteiger partial charge in [-0.3, -0.25) is 13.8 Å². The van der Waals surface area contributed by atoms with Crippen molar-refractivity contribution >= 4 is 33.3 Å². The Morgan fingerprint density at radius 2 is 1.76 bits per heavy atom. The molecule has 1 heterocycles. The van der Waals surface area contributed by atoms with Gasteiger partial charge in [-0.2, -0.15) is 0 Å². The summed E-state index contributed by atoms with van der Waals surface area (Å²) in [6, 6.07) is 12.2. The van der Waals surface area contributed by atoms with Crippen molar-refractivity contribution in [3.63, 3.8) is 0 Å². The quantitative estimate of drug-likeness (QED) is 0.663. The van der Waals surface area contributed by atoms with Crippen LogP contribution in [0, 0.1) is 6.92 Å². The molecular weight excluding hydrogens is 418 g/mol. The number of hydrogen-bond acceptors (Lipinski definition) is 4. The number of para-hydroxylation sites is 1. The number of halogens is 1. The molecule has 3 rings (SSSR count). The molecule has 0 aliphatic carbocycles. The maximum absolute atomic E-state index is 13.1. The van der Waals surface area contributed by atoms with Crippen molar-refractivity contribution in [2.24, 2.45) is 7.05 Å². The molecule has 2 aromatic carbocycles. The molecule has 0 aliphatic rings. The Labute approximate surface area is 172 Å². The maximum Gasteiger partial charge on any atom is 0.337 e. The Balaban J connectivity index is 2.17. The van der Waals surface area contributed by atoms with E-state index in [-0.39, 0.29) is 21.2 Å². The number of carboxylic acids is 1. The zero-order valence-corrected chi connectivity index (χ0v) is 17.4. The topological polar surface area (TPSA) is 102 Å². The van der Waals surface area contributed by atoms with Crippen molar-refractivity contribution in [2.75, 3.05) is 11.4 Å². The highest BCUT2D eigenvalue weighted by Crippen LogP contribution is 2.26. The summed E-state index contributed by atoms with van der Waals surface area (Å²) in [7, 11) is -1.31. The molecule has 152 valence electrons. The Bertz CT molecular complexity index is 1260. The first-order chi connectivity index (χ1) is 13.6. The number of aromatic carboxylic acids is 1. The number of rotatable bonds is 5. The molecule has 0 saturated heterocycles. The van der Waals surface area contributed by atoms with Crippen LogP contribution < -0.4 is 9.86 Å². The highest BCUT2D eigenvalue weighted by molar-refractivity contribution is 7.92. The molecule has 0 saturated carbocycles. The lowest BCUT2D eigenvalue weighted by Gasteiger charge is -2.18. The second-order valence-electron chi connectivity index (χ2n) is 6.33. The Morgan fingerprint density at radius 3 is 2.34 bits per heavy atom. The summed E-state index contributed by atoms with van der Waals surface area (Å²) < 4.78 is 30.0. The lowest BCUT2D eigenvalue weighted by molar-refractivity contribution is 0.0697. The van der Waals surface area contributed by atoms with Crippen molar-refractivity contribution in [3.8, 4) is 5.69 Å². The number of aromatic nitrogens is 2. The molecule has 0 bridgehead atoms. The van der Waals surface area contributed by atoms with Gasteiger partial charge in [-0.05, 0) is 37.3 Å². The fraction of sp³-hybridized carbons (Fsp3) is 0.158. The third-order valence-corrected chi connectivity index (χ3v) is 6.75. The van der Waals surface area contributed by atoms with E-state index < -0.39 is 21.6 Å². The smallest absolute Gasteiger partial charge is 0.337 e. The molecule has 0 spiro atoms. The molecule has 8 nitrogen and oxygen atoms in total. The van der Waals surface area contributed by atoms with Crippen LogP contribution in [0.1, 0.15) is 16.1 Å². The minimum atomic E-state index is -4.21. The average molecular weight is 436 g/mol. The van der Waals surface area contributed by atoms with Crippen molar-refractivity contribution in [1.82, 2.24) is 9.36 Å². The molecule has 10 heteroatoms. The number of benzene rings is 2. The van der Waals surface area contributed by atoms with Gasteiger partial charge in [0.1, 0.15) is 5.69 Å². The summed E-state index contributed by atoms with van der Waals surface area (Å²) >= 11 is 5.83. The predicted molar refractivity (Wildman–Crippen MR) is 110 cm³/mol. The second kappa shape index (κ2) is 7.41. The SMILES string of the molecule is Cc1c(N(C)S(=O)(=O)c2ccc(Cl)c(C(=O)O)c2)c(=O)n(-c2ccccc2)n1C. The van der Waals surface area contributed by atoms with E-state index >= 15 is 0 Å². The van der Waals surface area contributed by atoms with Crippen LogP contribution in [0.5, 0.6) is 0 Å². The highest BCUT2D eigenvalue weighted by Gasteiger charge is 2.29. The van der Waals surface area contributed by atoms with E-state index in [1.807, 2.05) is 6.07 Å². The van der Waals surface area contributed by atoms with Crippen LogP contribution in [0.4, 0.5) is 5.69 Å². The van der Waals surface area contributed by atoms with Crippen molar-refractivity contribution in [3.05, 3.63) is 75.2 Å². The van der Waals surface area contributed by atoms with Gasteiger partial charge in [-0.15, -0.1) is 0 Å². The van der Waals surface area contributed by atoms with Crippen LogP contribution in [-0.4, -0.2) is 35.9 Å². The zero-order chi connectivity index (χ0) is 21.5. The molecule has 0 unspecified atom stereocenters.